The number of benzene rings is 3. The van der Waals surface area contributed by atoms with E-state index in [0.29, 0.717) is 0 Å². The molecule has 3 aromatic rings. The molecule has 0 amide bonds. The average Bonchev–Trinajstić information content (AvgIpc) is 3.65. The molecule has 0 aliphatic heterocycles. The maximum absolute atomic E-state index is 2.53. The Hall–Kier alpha value is -4.16. The van der Waals surface area contributed by atoms with Crippen LogP contribution in [0.1, 0.15) is 99.7 Å². The second-order valence-corrected chi connectivity index (χ2v) is 15.1. The van der Waals surface area contributed by atoms with Crippen LogP contribution >= 0.6 is 0 Å². The van der Waals surface area contributed by atoms with Gasteiger partial charge in [0.15, 0.2) is 0 Å². The lowest BCUT2D eigenvalue weighted by atomic mass is 9.73. The maximum Gasteiger partial charge on any atom is 0.0218 e. The smallest absolute Gasteiger partial charge is 0.0218 e. The van der Waals surface area contributed by atoms with E-state index in [2.05, 4.69) is 158 Å². The Morgan fingerprint density at radius 2 is 1.33 bits per heavy atom. The third-order valence-corrected chi connectivity index (χ3v) is 9.74. The van der Waals surface area contributed by atoms with Crippen LogP contribution in [-0.2, 0) is 10.8 Å². The second-order valence-electron chi connectivity index (χ2n) is 15.1. The molecular formula is C45H45. The Morgan fingerprint density at radius 3 is 1.96 bits per heavy atom. The molecule has 225 valence electrons. The van der Waals surface area contributed by atoms with Crippen LogP contribution in [0, 0.1) is 13.3 Å². The lowest BCUT2D eigenvalue weighted by Crippen LogP contribution is -2.41. The zero-order chi connectivity index (χ0) is 31.5. The van der Waals surface area contributed by atoms with E-state index < -0.39 is 0 Å². The molecule has 0 bridgehead atoms. The van der Waals surface area contributed by atoms with Gasteiger partial charge in [-0.1, -0.05) is 150 Å². The van der Waals surface area contributed by atoms with Gasteiger partial charge in [-0.3, -0.25) is 0 Å². The molecule has 7 rings (SSSR count). The zero-order valence-corrected chi connectivity index (χ0v) is 28.0. The number of hydrogen-bond acceptors (Lipinski definition) is 0. The Balaban J connectivity index is 1.71. The van der Waals surface area contributed by atoms with Gasteiger partial charge in [0.2, 0.25) is 0 Å². The topological polar surface area (TPSA) is 0 Å². The third kappa shape index (κ3) is 5.19. The quantitative estimate of drug-likeness (QED) is 0.220. The summed E-state index contributed by atoms with van der Waals surface area (Å²) in [7, 11) is 0. The molecule has 0 aromatic heterocycles. The van der Waals surface area contributed by atoms with Crippen molar-refractivity contribution in [2.45, 2.75) is 78.6 Å². The van der Waals surface area contributed by atoms with Crippen molar-refractivity contribution in [2.24, 2.45) is 0 Å². The van der Waals surface area contributed by atoms with Crippen LogP contribution in [0.25, 0.3) is 33.4 Å². The van der Waals surface area contributed by atoms with Gasteiger partial charge in [0.25, 0.3) is 0 Å². The number of aryl methyl sites for hydroxylation is 1. The monoisotopic (exact) mass is 585 g/mol. The van der Waals surface area contributed by atoms with Crippen molar-refractivity contribution in [3.8, 4) is 11.1 Å². The minimum Gasteiger partial charge on any atom is -0.0801 e. The van der Waals surface area contributed by atoms with Crippen molar-refractivity contribution >= 4 is 22.3 Å². The van der Waals surface area contributed by atoms with Crippen LogP contribution in [0.2, 0.25) is 0 Å². The summed E-state index contributed by atoms with van der Waals surface area (Å²) in [6.07, 6.45) is 28.3. The molecule has 0 heterocycles. The molecule has 0 fully saturated rings. The molecule has 0 spiro atoms. The number of rotatable bonds is 2. The standard InChI is InChI=1S/C45H45/c1-29-16-14-21-32(26-29)35-22-15-23-37(35)42-38-28-33-27-34(44(2,3)4)24-25-36(33)41(38)39(30-17-10-8-11-18-30)40(43(42)45(5,6)7)31-19-12-9-13-20-31/h8-17,19,21-22,24-28H,18,20,23H2,1-7H3. The molecule has 0 heteroatoms. The van der Waals surface area contributed by atoms with Crippen molar-refractivity contribution in [3.63, 3.8) is 0 Å². The molecule has 0 saturated heterocycles. The van der Waals surface area contributed by atoms with E-state index in [1.165, 1.54) is 82.8 Å². The Bertz CT molecular complexity index is 2050. The fraction of sp³-hybridized carbons (Fsp3) is 0.267. The predicted octanol–water partition coefficient (Wildman–Crippen LogP) is 10.4. The molecule has 0 atom stereocenters. The summed E-state index contributed by atoms with van der Waals surface area (Å²) in [5, 5.41) is 2.87. The Morgan fingerprint density at radius 1 is 0.622 bits per heavy atom. The van der Waals surface area contributed by atoms with Gasteiger partial charge >= 0.3 is 0 Å². The highest BCUT2D eigenvalue weighted by Gasteiger charge is 2.34. The zero-order valence-electron chi connectivity index (χ0n) is 28.0. The van der Waals surface area contributed by atoms with E-state index in [4.69, 9.17) is 0 Å². The van der Waals surface area contributed by atoms with Gasteiger partial charge in [0.1, 0.15) is 0 Å². The van der Waals surface area contributed by atoms with E-state index >= 15 is 0 Å². The number of hydrogen-bond donors (Lipinski definition) is 0. The molecular weight excluding hydrogens is 540 g/mol. The van der Waals surface area contributed by atoms with Gasteiger partial charge in [0.05, 0.1) is 0 Å². The van der Waals surface area contributed by atoms with Crippen molar-refractivity contribution in [3.05, 3.63) is 159 Å². The highest BCUT2D eigenvalue weighted by Crippen LogP contribution is 2.47. The summed E-state index contributed by atoms with van der Waals surface area (Å²) in [6.45, 7) is 16.4. The van der Waals surface area contributed by atoms with E-state index in [-0.39, 0.29) is 10.8 Å². The number of allylic oxidation sites excluding steroid dienone is 12. The molecule has 45 heavy (non-hydrogen) atoms. The van der Waals surface area contributed by atoms with Crippen LogP contribution in [0.4, 0.5) is 0 Å². The third-order valence-electron chi connectivity index (χ3n) is 9.74. The number of fused-ring (bicyclic) bond motifs is 3. The Labute approximate surface area is 270 Å². The normalized spacial score (nSPS) is 19.5. The first-order valence-electron chi connectivity index (χ1n) is 16.6. The Kier molecular flexibility index (Phi) is 7.24. The molecule has 1 radical (unpaired) electrons. The second kappa shape index (κ2) is 11.0. The fourth-order valence-electron chi connectivity index (χ4n) is 7.65. The largest absolute Gasteiger partial charge is 0.0801 e. The van der Waals surface area contributed by atoms with E-state index in [1.807, 2.05) is 0 Å². The van der Waals surface area contributed by atoms with Crippen LogP contribution in [0.15, 0.2) is 103 Å². The van der Waals surface area contributed by atoms with Gasteiger partial charge in [-0.15, -0.1) is 0 Å². The van der Waals surface area contributed by atoms with Crippen molar-refractivity contribution in [1.29, 1.82) is 0 Å². The lowest BCUT2D eigenvalue weighted by Gasteiger charge is -2.30. The van der Waals surface area contributed by atoms with Gasteiger partial charge in [0, 0.05) is 6.42 Å². The first kappa shape index (κ1) is 29.5. The van der Waals surface area contributed by atoms with Crippen molar-refractivity contribution in [1.82, 2.24) is 0 Å². The summed E-state index contributed by atoms with van der Waals surface area (Å²) >= 11 is 0. The molecule has 4 aliphatic carbocycles. The predicted molar refractivity (Wildman–Crippen MR) is 195 cm³/mol. The van der Waals surface area contributed by atoms with Crippen LogP contribution in [0.3, 0.4) is 0 Å². The maximum atomic E-state index is 2.53. The van der Waals surface area contributed by atoms with Crippen LogP contribution in [-0.4, -0.2) is 0 Å². The molecule has 4 aliphatic rings. The molecule has 0 unspecified atom stereocenters. The summed E-state index contributed by atoms with van der Waals surface area (Å²) in [6, 6.07) is 16.3. The molecule has 0 nitrogen and oxygen atoms in total. The van der Waals surface area contributed by atoms with Crippen molar-refractivity contribution in [2.75, 3.05) is 0 Å². The van der Waals surface area contributed by atoms with Gasteiger partial charge in [-0.2, -0.15) is 0 Å². The van der Waals surface area contributed by atoms with Gasteiger partial charge in [-0.05, 0) is 114 Å². The fourth-order valence-corrected chi connectivity index (χ4v) is 7.65. The highest BCUT2D eigenvalue weighted by molar-refractivity contribution is 6.03. The average molecular weight is 586 g/mol. The minimum atomic E-state index is -0.0856. The summed E-state index contributed by atoms with van der Waals surface area (Å²) in [5.41, 5.74) is 18.1. The first-order chi connectivity index (χ1) is 21.5. The highest BCUT2D eigenvalue weighted by atomic mass is 14.4. The van der Waals surface area contributed by atoms with Crippen LogP contribution < -0.4 is 10.4 Å². The summed E-state index contributed by atoms with van der Waals surface area (Å²) in [5.74, 6) is 0. The first-order valence-corrected chi connectivity index (χ1v) is 16.6. The minimum absolute atomic E-state index is 0.0853. The van der Waals surface area contributed by atoms with Crippen molar-refractivity contribution < 1.29 is 0 Å². The van der Waals surface area contributed by atoms with Gasteiger partial charge < -0.3 is 0 Å². The van der Waals surface area contributed by atoms with E-state index in [9.17, 15) is 0 Å². The van der Waals surface area contributed by atoms with Crippen LogP contribution in [0.5, 0.6) is 0 Å². The summed E-state index contributed by atoms with van der Waals surface area (Å²) in [4.78, 5) is 0. The molecule has 0 saturated carbocycles. The molecule has 3 aromatic carbocycles. The van der Waals surface area contributed by atoms with E-state index in [1.54, 1.807) is 0 Å². The SMILES string of the molecule is Cc1cccc(C2=C(c3c4c(c(=C5C=CC=CC5)c(=C5C=CC=CC5)c3C(C)(C)C)-c3ccc(C(C)(C)C)cc3[CH]4)CC=C2)c1. The molecule has 0 N–H and O–H groups in total. The van der Waals surface area contributed by atoms with Gasteiger partial charge in [-0.25, -0.2) is 0 Å². The lowest BCUT2D eigenvalue weighted by molar-refractivity contribution is 0.583. The van der Waals surface area contributed by atoms with E-state index in [0.717, 1.165) is 19.3 Å². The summed E-state index contributed by atoms with van der Waals surface area (Å²) < 4.78 is 0.